The van der Waals surface area contributed by atoms with Gasteiger partial charge >= 0.3 is 5.97 Å². The predicted octanol–water partition coefficient (Wildman–Crippen LogP) is 1.53. The molecule has 1 aromatic carbocycles. The van der Waals surface area contributed by atoms with Crippen LogP contribution in [0.1, 0.15) is 6.92 Å². The lowest BCUT2D eigenvalue weighted by Crippen LogP contribution is -2.09. The quantitative estimate of drug-likeness (QED) is 0.565. The minimum absolute atomic E-state index is 0.0798. The predicted molar refractivity (Wildman–Crippen MR) is 47.8 cm³/mol. The van der Waals surface area contributed by atoms with Crippen molar-refractivity contribution in [3.63, 3.8) is 0 Å². The summed E-state index contributed by atoms with van der Waals surface area (Å²) >= 11 is 0. The van der Waals surface area contributed by atoms with Gasteiger partial charge in [0.1, 0.15) is 0 Å². The largest absolute Gasteiger partial charge is 0.477 e. The van der Waals surface area contributed by atoms with Crippen LogP contribution in [0.15, 0.2) is 35.5 Å². The number of carbonyl (C=O) groups is 1. The van der Waals surface area contributed by atoms with Gasteiger partial charge in [0.25, 0.3) is 0 Å². The average Bonchev–Trinajstić information content (AvgIpc) is 2.15. The zero-order valence-electron chi connectivity index (χ0n) is 7.10. The standard InChI is InChI=1S/C9H9NO3/c1-7(9(11)12)10-13-8-5-3-2-4-6-8/h2-6H,1H3,(H,11,12). The second kappa shape index (κ2) is 4.25. The smallest absolute Gasteiger partial charge is 0.353 e. The first-order valence-corrected chi connectivity index (χ1v) is 3.70. The molecule has 13 heavy (non-hydrogen) atoms. The van der Waals surface area contributed by atoms with Gasteiger partial charge in [0.15, 0.2) is 11.5 Å². The summed E-state index contributed by atoms with van der Waals surface area (Å²) in [5, 5.41) is 11.9. The molecule has 0 amide bonds. The van der Waals surface area contributed by atoms with Gasteiger partial charge in [0.05, 0.1) is 0 Å². The maximum Gasteiger partial charge on any atom is 0.353 e. The molecule has 68 valence electrons. The van der Waals surface area contributed by atoms with Crippen LogP contribution >= 0.6 is 0 Å². The van der Waals surface area contributed by atoms with Crippen LogP contribution in [0.25, 0.3) is 0 Å². The van der Waals surface area contributed by atoms with Crippen LogP contribution in [-0.4, -0.2) is 16.8 Å². The molecule has 0 aliphatic carbocycles. The van der Waals surface area contributed by atoms with Gasteiger partial charge in [-0.1, -0.05) is 23.4 Å². The van der Waals surface area contributed by atoms with Gasteiger partial charge in [-0.05, 0) is 19.1 Å². The van der Waals surface area contributed by atoms with E-state index >= 15 is 0 Å². The number of hydrogen-bond acceptors (Lipinski definition) is 3. The highest BCUT2D eigenvalue weighted by Gasteiger charge is 2.01. The zero-order valence-corrected chi connectivity index (χ0v) is 7.10. The van der Waals surface area contributed by atoms with Gasteiger partial charge in [-0.2, -0.15) is 0 Å². The number of benzene rings is 1. The Balaban J connectivity index is 2.62. The summed E-state index contributed by atoms with van der Waals surface area (Å²) in [5.74, 6) is -0.570. The third kappa shape index (κ3) is 2.94. The van der Waals surface area contributed by atoms with E-state index < -0.39 is 5.97 Å². The van der Waals surface area contributed by atoms with Crippen LogP contribution in [0.4, 0.5) is 0 Å². The Kier molecular flexibility index (Phi) is 3.03. The number of carboxylic acids is 1. The lowest BCUT2D eigenvalue weighted by atomic mass is 10.3. The van der Waals surface area contributed by atoms with E-state index in [1.54, 1.807) is 24.3 Å². The van der Waals surface area contributed by atoms with E-state index in [2.05, 4.69) is 5.16 Å². The van der Waals surface area contributed by atoms with Gasteiger partial charge in [-0.25, -0.2) is 4.79 Å². The summed E-state index contributed by atoms with van der Waals surface area (Å²) in [4.78, 5) is 15.1. The molecular weight excluding hydrogens is 170 g/mol. The lowest BCUT2D eigenvalue weighted by Gasteiger charge is -1.97. The third-order valence-corrected chi connectivity index (χ3v) is 1.34. The first-order valence-electron chi connectivity index (χ1n) is 3.70. The third-order valence-electron chi connectivity index (χ3n) is 1.34. The van der Waals surface area contributed by atoms with Crippen molar-refractivity contribution in [1.29, 1.82) is 0 Å². The van der Waals surface area contributed by atoms with E-state index in [1.165, 1.54) is 6.92 Å². The second-order valence-electron chi connectivity index (χ2n) is 2.39. The number of para-hydroxylation sites is 1. The van der Waals surface area contributed by atoms with Crippen molar-refractivity contribution in [3.05, 3.63) is 30.3 Å². The Hall–Kier alpha value is -1.84. The lowest BCUT2D eigenvalue weighted by molar-refractivity contribution is -0.129. The maximum absolute atomic E-state index is 10.3. The Morgan fingerprint density at radius 3 is 2.54 bits per heavy atom. The van der Waals surface area contributed by atoms with Gasteiger partial charge in [-0.3, -0.25) is 0 Å². The van der Waals surface area contributed by atoms with E-state index in [1.807, 2.05) is 6.07 Å². The van der Waals surface area contributed by atoms with Crippen LogP contribution in [-0.2, 0) is 4.79 Å². The SMILES string of the molecule is CC(=NOc1ccccc1)C(=O)O. The van der Waals surface area contributed by atoms with Crippen molar-refractivity contribution < 1.29 is 14.7 Å². The summed E-state index contributed by atoms with van der Waals surface area (Å²) in [6.45, 7) is 1.37. The summed E-state index contributed by atoms with van der Waals surface area (Å²) in [5.41, 5.74) is -0.0798. The Morgan fingerprint density at radius 2 is 2.00 bits per heavy atom. The van der Waals surface area contributed by atoms with Crippen molar-refractivity contribution in [2.24, 2.45) is 5.16 Å². The van der Waals surface area contributed by atoms with E-state index in [0.29, 0.717) is 5.75 Å². The number of oxime groups is 1. The van der Waals surface area contributed by atoms with Crippen molar-refractivity contribution in [1.82, 2.24) is 0 Å². The molecule has 0 fully saturated rings. The van der Waals surface area contributed by atoms with Crippen LogP contribution < -0.4 is 4.84 Å². The van der Waals surface area contributed by atoms with E-state index in [0.717, 1.165) is 0 Å². The fourth-order valence-electron chi connectivity index (χ4n) is 0.642. The van der Waals surface area contributed by atoms with E-state index in [-0.39, 0.29) is 5.71 Å². The van der Waals surface area contributed by atoms with Crippen molar-refractivity contribution in [2.75, 3.05) is 0 Å². The van der Waals surface area contributed by atoms with Crippen LogP contribution in [0.3, 0.4) is 0 Å². The average molecular weight is 179 g/mol. The Labute approximate surface area is 75.4 Å². The van der Waals surface area contributed by atoms with Gasteiger partial charge in [-0.15, -0.1) is 0 Å². The molecule has 4 heteroatoms. The molecule has 0 aromatic heterocycles. The first-order chi connectivity index (χ1) is 6.20. The second-order valence-corrected chi connectivity index (χ2v) is 2.39. The van der Waals surface area contributed by atoms with Crippen molar-refractivity contribution >= 4 is 11.7 Å². The minimum Gasteiger partial charge on any atom is -0.477 e. The van der Waals surface area contributed by atoms with Crippen LogP contribution in [0.2, 0.25) is 0 Å². The van der Waals surface area contributed by atoms with Crippen LogP contribution in [0.5, 0.6) is 5.75 Å². The molecular formula is C9H9NO3. The molecule has 0 aliphatic heterocycles. The normalized spacial score (nSPS) is 11.0. The van der Waals surface area contributed by atoms with Gasteiger partial charge in [0.2, 0.25) is 0 Å². The molecule has 0 aliphatic rings. The van der Waals surface area contributed by atoms with E-state index in [9.17, 15) is 4.79 Å². The summed E-state index contributed by atoms with van der Waals surface area (Å²) in [6.07, 6.45) is 0. The number of rotatable bonds is 3. The fraction of sp³-hybridized carbons (Fsp3) is 0.111. The number of nitrogens with zero attached hydrogens (tertiary/aromatic N) is 1. The molecule has 0 saturated heterocycles. The molecule has 0 heterocycles. The molecule has 1 aromatic rings. The highest BCUT2D eigenvalue weighted by atomic mass is 16.6. The molecule has 0 saturated carbocycles. The van der Waals surface area contributed by atoms with E-state index in [4.69, 9.17) is 9.94 Å². The zero-order chi connectivity index (χ0) is 9.68. The molecule has 0 spiro atoms. The molecule has 0 radical (unpaired) electrons. The molecule has 1 N–H and O–H groups in total. The summed E-state index contributed by atoms with van der Waals surface area (Å²) in [6, 6.07) is 8.78. The summed E-state index contributed by atoms with van der Waals surface area (Å²) < 4.78 is 0. The highest BCUT2D eigenvalue weighted by Crippen LogP contribution is 2.08. The fourth-order valence-corrected chi connectivity index (χ4v) is 0.642. The van der Waals surface area contributed by atoms with Gasteiger partial charge < -0.3 is 9.94 Å². The van der Waals surface area contributed by atoms with Gasteiger partial charge in [0, 0.05) is 0 Å². The Bertz CT molecular complexity index is 319. The van der Waals surface area contributed by atoms with Crippen LogP contribution in [0, 0.1) is 0 Å². The maximum atomic E-state index is 10.3. The molecule has 4 nitrogen and oxygen atoms in total. The monoisotopic (exact) mass is 179 g/mol. The molecule has 1 rings (SSSR count). The molecule has 0 bridgehead atoms. The minimum atomic E-state index is -1.09. The number of carboxylic acid groups (broad SMARTS) is 1. The topological polar surface area (TPSA) is 58.9 Å². The highest BCUT2D eigenvalue weighted by molar-refractivity contribution is 6.34. The number of aliphatic carboxylic acids is 1. The molecule has 0 atom stereocenters. The first kappa shape index (κ1) is 9.25. The van der Waals surface area contributed by atoms with Crippen molar-refractivity contribution in [3.8, 4) is 5.75 Å². The molecule has 0 unspecified atom stereocenters. The number of hydrogen-bond donors (Lipinski definition) is 1. The Morgan fingerprint density at radius 1 is 1.38 bits per heavy atom. The van der Waals surface area contributed by atoms with Crippen molar-refractivity contribution in [2.45, 2.75) is 6.92 Å². The summed E-state index contributed by atoms with van der Waals surface area (Å²) in [7, 11) is 0.